The number of carbonyl (C=O) groups is 1. The Kier molecular flexibility index (Phi) is 4.67. The summed E-state index contributed by atoms with van der Waals surface area (Å²) < 4.78 is 36.1. The molecule has 4 N–H and O–H groups in total. The van der Waals surface area contributed by atoms with Crippen molar-refractivity contribution < 1.29 is 23.4 Å². The van der Waals surface area contributed by atoms with Crippen LogP contribution in [0.2, 0.25) is 0 Å². The average Bonchev–Trinajstić information content (AvgIpc) is 3.55. The Hall–Kier alpha value is -2.30. The molecule has 1 spiro atoms. The van der Waals surface area contributed by atoms with Crippen LogP contribution in [0.25, 0.3) is 11.0 Å². The molecule has 1 amide bonds. The van der Waals surface area contributed by atoms with Gasteiger partial charge in [0.25, 0.3) is 0 Å². The number of nitrogens with one attached hydrogen (secondary N) is 3. The maximum absolute atomic E-state index is 15.3. The summed E-state index contributed by atoms with van der Waals surface area (Å²) >= 11 is 0. The average molecular weight is 447 g/mol. The highest BCUT2D eigenvalue weighted by Gasteiger charge is 2.43. The lowest BCUT2D eigenvalue weighted by molar-refractivity contribution is -0.00216. The predicted molar refractivity (Wildman–Crippen MR) is 111 cm³/mol. The van der Waals surface area contributed by atoms with Crippen molar-refractivity contribution in [3.63, 3.8) is 0 Å². The number of aliphatic hydroxyl groups excluding tert-OH is 1. The number of imidazole rings is 1. The van der Waals surface area contributed by atoms with Crippen molar-refractivity contribution in [3.8, 4) is 0 Å². The normalized spacial score (nSPS) is 27.9. The second-order valence-corrected chi connectivity index (χ2v) is 9.78. The molecule has 3 saturated heterocycles. The molecular formula is C22H27F2N5O3. The number of amides is 1. The zero-order valence-corrected chi connectivity index (χ0v) is 17.7. The molecular weight excluding hydrogens is 420 g/mol. The number of alkyl carbamates (subject to hydrolysis) is 1. The molecule has 1 aromatic carbocycles. The van der Waals surface area contributed by atoms with E-state index in [2.05, 4.69) is 25.5 Å². The third-order valence-electron chi connectivity index (χ3n) is 7.61. The minimum absolute atomic E-state index is 0.0514. The van der Waals surface area contributed by atoms with Gasteiger partial charge in [0.15, 0.2) is 11.6 Å². The molecule has 3 fully saturated rings. The second kappa shape index (κ2) is 7.36. The van der Waals surface area contributed by atoms with Gasteiger partial charge in [-0.25, -0.2) is 18.6 Å². The number of halogens is 2. The van der Waals surface area contributed by atoms with Crippen LogP contribution in [-0.2, 0) is 17.6 Å². The first-order valence-corrected chi connectivity index (χ1v) is 11.4. The van der Waals surface area contributed by atoms with Crippen LogP contribution >= 0.6 is 0 Å². The molecule has 2 aromatic rings. The lowest BCUT2D eigenvalue weighted by Crippen LogP contribution is -2.47. The highest BCUT2D eigenvalue weighted by atomic mass is 19.1. The number of nitrogens with zero attached hydrogens (tertiary/aromatic N) is 2. The monoisotopic (exact) mass is 447 g/mol. The number of fused-ring (bicyclic) bond motifs is 2. The smallest absolute Gasteiger partial charge is 0.407 e. The van der Waals surface area contributed by atoms with Crippen LogP contribution < -0.4 is 10.6 Å². The van der Waals surface area contributed by atoms with Gasteiger partial charge in [-0.1, -0.05) is 0 Å². The zero-order valence-electron chi connectivity index (χ0n) is 17.7. The number of likely N-dealkylation sites (tertiary alicyclic amines) is 1. The van der Waals surface area contributed by atoms with E-state index in [4.69, 9.17) is 4.74 Å². The standard InChI is InChI=1S/C22H27F2N5O3/c23-16-13-5-11(9-29-3-1-22(2-4-29)10-26-21(31)32-22)6-14(13)17(24)19-18(16)27-20(28-19)15-7-12(30)8-25-15/h11-12,15,25,30H,1-10H2,(H,26,31)(H,27,28)/t12-,15+/m0/s1. The van der Waals surface area contributed by atoms with E-state index >= 15 is 8.78 Å². The summed E-state index contributed by atoms with van der Waals surface area (Å²) in [5.41, 5.74) is 0.680. The number of hydrogen-bond donors (Lipinski definition) is 4. The molecule has 1 aliphatic carbocycles. The number of ether oxygens (including phenoxy) is 1. The number of piperidine rings is 1. The molecule has 6 rings (SSSR count). The summed E-state index contributed by atoms with van der Waals surface area (Å²) in [4.78, 5) is 21.0. The van der Waals surface area contributed by atoms with Crippen molar-refractivity contribution >= 4 is 17.1 Å². The Bertz CT molecular complexity index is 1030. The number of benzene rings is 1. The molecule has 3 atom stereocenters. The van der Waals surface area contributed by atoms with E-state index in [-0.39, 0.29) is 29.1 Å². The van der Waals surface area contributed by atoms with Gasteiger partial charge in [-0.05, 0) is 36.3 Å². The molecule has 10 heteroatoms. The Morgan fingerprint density at radius 2 is 1.94 bits per heavy atom. The molecule has 4 heterocycles. The van der Waals surface area contributed by atoms with Gasteiger partial charge in [0.05, 0.1) is 18.7 Å². The summed E-state index contributed by atoms with van der Waals surface area (Å²) in [5.74, 6) is -0.219. The number of aromatic amines is 1. The van der Waals surface area contributed by atoms with Crippen LogP contribution in [-0.4, -0.2) is 70.5 Å². The predicted octanol–water partition coefficient (Wildman–Crippen LogP) is 1.53. The van der Waals surface area contributed by atoms with E-state index in [1.54, 1.807) is 0 Å². The lowest BCUT2D eigenvalue weighted by Gasteiger charge is -2.38. The number of β-amino-alcohol motifs (C(OH)–C–C–N with tert-alkyl or cyclic N) is 1. The summed E-state index contributed by atoms with van der Waals surface area (Å²) in [6.45, 7) is 3.38. The van der Waals surface area contributed by atoms with Crippen LogP contribution in [0, 0.1) is 17.6 Å². The van der Waals surface area contributed by atoms with E-state index < -0.39 is 23.3 Å². The Morgan fingerprint density at radius 1 is 1.19 bits per heavy atom. The number of aromatic nitrogens is 2. The van der Waals surface area contributed by atoms with Gasteiger partial charge >= 0.3 is 6.09 Å². The first-order valence-electron chi connectivity index (χ1n) is 11.4. The molecule has 4 aliphatic rings. The second-order valence-electron chi connectivity index (χ2n) is 9.78. The van der Waals surface area contributed by atoms with Crippen molar-refractivity contribution in [2.45, 2.75) is 49.9 Å². The SMILES string of the molecule is O=C1NCC2(CCN(CC3Cc4c(c(F)c5[nH]c([C@H]6C[C@H](O)CN6)nc5c4F)C3)CC2)O1. The molecule has 1 aromatic heterocycles. The first kappa shape index (κ1) is 20.3. The molecule has 32 heavy (non-hydrogen) atoms. The number of hydrogen-bond acceptors (Lipinski definition) is 6. The van der Waals surface area contributed by atoms with E-state index in [0.717, 1.165) is 32.5 Å². The summed E-state index contributed by atoms with van der Waals surface area (Å²) in [5, 5.41) is 15.6. The summed E-state index contributed by atoms with van der Waals surface area (Å²) in [6, 6.07) is -0.226. The molecule has 172 valence electrons. The molecule has 3 aliphatic heterocycles. The van der Waals surface area contributed by atoms with Crippen molar-refractivity contribution in [2.24, 2.45) is 5.92 Å². The zero-order chi connectivity index (χ0) is 22.0. The van der Waals surface area contributed by atoms with Crippen molar-refractivity contribution in [3.05, 3.63) is 28.6 Å². The van der Waals surface area contributed by atoms with Crippen LogP contribution in [0.15, 0.2) is 0 Å². The summed E-state index contributed by atoms with van der Waals surface area (Å²) in [7, 11) is 0. The van der Waals surface area contributed by atoms with Gasteiger partial charge in [0.1, 0.15) is 22.5 Å². The Labute approximate surface area is 183 Å². The van der Waals surface area contributed by atoms with E-state index in [1.807, 2.05) is 0 Å². The van der Waals surface area contributed by atoms with Gasteiger partial charge in [0.2, 0.25) is 0 Å². The van der Waals surface area contributed by atoms with Gasteiger partial charge in [0, 0.05) is 39.0 Å². The molecule has 8 nitrogen and oxygen atoms in total. The van der Waals surface area contributed by atoms with E-state index in [1.165, 1.54) is 0 Å². The number of aliphatic hydroxyl groups is 1. The van der Waals surface area contributed by atoms with Gasteiger partial charge in [-0.2, -0.15) is 0 Å². The van der Waals surface area contributed by atoms with Crippen molar-refractivity contribution in [1.29, 1.82) is 0 Å². The molecule has 0 bridgehead atoms. The Balaban J connectivity index is 1.17. The molecule has 0 saturated carbocycles. The fourth-order valence-corrected chi connectivity index (χ4v) is 5.85. The molecule has 1 unspecified atom stereocenters. The van der Waals surface area contributed by atoms with E-state index in [0.29, 0.717) is 49.3 Å². The van der Waals surface area contributed by atoms with Crippen molar-refractivity contribution in [2.75, 3.05) is 32.7 Å². The maximum atomic E-state index is 15.3. The van der Waals surface area contributed by atoms with Crippen LogP contribution in [0.5, 0.6) is 0 Å². The third kappa shape index (κ3) is 3.27. The minimum Gasteiger partial charge on any atom is -0.441 e. The van der Waals surface area contributed by atoms with Crippen LogP contribution in [0.1, 0.15) is 42.3 Å². The third-order valence-corrected chi connectivity index (χ3v) is 7.61. The van der Waals surface area contributed by atoms with E-state index in [9.17, 15) is 9.90 Å². The highest BCUT2D eigenvalue weighted by Crippen LogP contribution is 2.38. The quantitative estimate of drug-likeness (QED) is 0.569. The topological polar surface area (TPSA) is 103 Å². The van der Waals surface area contributed by atoms with Gasteiger partial charge < -0.3 is 30.4 Å². The largest absolute Gasteiger partial charge is 0.441 e. The lowest BCUT2D eigenvalue weighted by atomic mass is 9.91. The minimum atomic E-state index is -0.477. The fourth-order valence-electron chi connectivity index (χ4n) is 5.85. The Morgan fingerprint density at radius 3 is 2.59 bits per heavy atom. The summed E-state index contributed by atoms with van der Waals surface area (Å²) in [6.07, 6.45) is 2.19. The van der Waals surface area contributed by atoms with Crippen LogP contribution in [0.3, 0.4) is 0 Å². The van der Waals surface area contributed by atoms with Gasteiger partial charge in [-0.3, -0.25) is 0 Å². The number of rotatable bonds is 3. The highest BCUT2D eigenvalue weighted by molar-refractivity contribution is 5.79. The first-order chi connectivity index (χ1) is 15.4. The van der Waals surface area contributed by atoms with Crippen LogP contribution in [0.4, 0.5) is 13.6 Å². The number of carbonyl (C=O) groups excluding carboxylic acids is 1. The fraction of sp³-hybridized carbons (Fsp3) is 0.636. The molecule has 0 radical (unpaired) electrons. The van der Waals surface area contributed by atoms with Crippen molar-refractivity contribution in [1.82, 2.24) is 25.5 Å². The number of H-pyrrole nitrogens is 1. The maximum Gasteiger partial charge on any atom is 0.407 e. The van der Waals surface area contributed by atoms with Gasteiger partial charge in [-0.15, -0.1) is 0 Å².